The predicted octanol–water partition coefficient (Wildman–Crippen LogP) is 5.71. The van der Waals surface area contributed by atoms with E-state index in [4.69, 9.17) is 26.1 Å². The molecule has 2 aromatic heterocycles. The number of aryl methyl sites for hydroxylation is 1. The Morgan fingerprint density at radius 1 is 1.02 bits per heavy atom. The molecule has 2 amide bonds. The Morgan fingerprint density at radius 3 is 2.41 bits per heavy atom. The minimum Gasteiger partial charge on any atom is -0.497 e. The number of nitrogens with zero attached hydrogens (tertiary/aromatic N) is 4. The first-order chi connectivity index (χ1) is 19.8. The molecule has 8 nitrogen and oxygen atoms in total. The van der Waals surface area contributed by atoms with Crippen LogP contribution in [0.5, 0.6) is 11.5 Å². The van der Waals surface area contributed by atoms with Gasteiger partial charge in [-0.15, -0.1) is 11.3 Å². The fraction of sp³-hybridized carbons (Fsp3) is 0.323. The topological polar surface area (TPSA) is 76.9 Å². The summed E-state index contributed by atoms with van der Waals surface area (Å²) in [6.07, 6.45) is 0.782. The first-order valence-corrected chi connectivity index (χ1v) is 14.8. The van der Waals surface area contributed by atoms with Crippen LogP contribution < -0.4 is 9.47 Å². The van der Waals surface area contributed by atoms with E-state index < -0.39 is 0 Å². The Kier molecular flexibility index (Phi) is 8.95. The summed E-state index contributed by atoms with van der Waals surface area (Å²) in [6.45, 7) is 6.67. The van der Waals surface area contributed by atoms with Crippen LogP contribution >= 0.6 is 22.9 Å². The fourth-order valence-electron chi connectivity index (χ4n) is 4.99. The summed E-state index contributed by atoms with van der Waals surface area (Å²) < 4.78 is 13.4. The Bertz CT molecular complexity index is 1520. The zero-order chi connectivity index (χ0) is 28.9. The summed E-state index contributed by atoms with van der Waals surface area (Å²) in [5.41, 5.74) is 4.42. The minimum absolute atomic E-state index is 0.0207. The quantitative estimate of drug-likeness (QED) is 0.249. The second-order valence-corrected chi connectivity index (χ2v) is 11.3. The highest BCUT2D eigenvalue weighted by atomic mass is 35.5. The lowest BCUT2D eigenvalue weighted by Gasteiger charge is -2.34. The highest BCUT2D eigenvalue weighted by molar-refractivity contribution is 7.09. The number of benzene rings is 2. The number of ether oxygens (including phenoxy) is 2. The van der Waals surface area contributed by atoms with Gasteiger partial charge in [0.25, 0.3) is 5.91 Å². The molecule has 0 radical (unpaired) electrons. The lowest BCUT2D eigenvalue weighted by molar-refractivity contribution is -0.130. The van der Waals surface area contributed by atoms with Crippen LogP contribution in [0.4, 0.5) is 0 Å². The molecule has 0 spiro atoms. The van der Waals surface area contributed by atoms with E-state index in [1.54, 1.807) is 25.0 Å². The van der Waals surface area contributed by atoms with Gasteiger partial charge in [0.15, 0.2) is 0 Å². The molecule has 0 saturated carbocycles. The standard InChI is InChI=1S/C31H33ClN4O4S/c1-21-25(31(38)35-16-14-34(15-17-35)22(2)37)18-28(36(21)13-12-23-8-10-24(39-3)11-9-23)27-20-41-30(33-27)19-40-29-7-5-4-6-26(29)32/h4-11,18,20H,12-17,19H2,1-3H3. The number of carbonyl (C=O) groups is 2. The molecule has 10 heteroatoms. The van der Waals surface area contributed by atoms with Crippen LogP contribution in [0, 0.1) is 6.92 Å². The molecule has 3 heterocycles. The van der Waals surface area contributed by atoms with Crippen LogP contribution in [0.1, 0.15) is 33.5 Å². The molecule has 2 aromatic carbocycles. The average molecular weight is 593 g/mol. The smallest absolute Gasteiger partial charge is 0.255 e. The van der Waals surface area contributed by atoms with Crippen LogP contribution in [-0.4, -0.2) is 64.5 Å². The van der Waals surface area contributed by atoms with E-state index in [-0.39, 0.29) is 11.8 Å². The van der Waals surface area contributed by atoms with Crippen LogP contribution in [0.15, 0.2) is 60.0 Å². The summed E-state index contributed by atoms with van der Waals surface area (Å²) >= 11 is 7.76. The number of amides is 2. The number of hydrogen-bond acceptors (Lipinski definition) is 6. The third-order valence-corrected chi connectivity index (χ3v) is 8.53. The van der Waals surface area contributed by atoms with Gasteiger partial charge in [-0.3, -0.25) is 9.59 Å². The molecule has 1 aliphatic heterocycles. The number of halogens is 1. The Labute approximate surface area is 249 Å². The number of hydrogen-bond donors (Lipinski definition) is 0. The fourth-order valence-corrected chi connectivity index (χ4v) is 5.88. The van der Waals surface area contributed by atoms with E-state index in [1.807, 2.05) is 53.6 Å². The van der Waals surface area contributed by atoms with Crippen molar-refractivity contribution in [2.45, 2.75) is 33.4 Å². The van der Waals surface area contributed by atoms with Crippen molar-refractivity contribution in [1.82, 2.24) is 19.4 Å². The van der Waals surface area contributed by atoms with Crippen molar-refractivity contribution in [3.63, 3.8) is 0 Å². The van der Waals surface area contributed by atoms with Crippen molar-refractivity contribution >= 4 is 34.8 Å². The van der Waals surface area contributed by atoms with Gasteiger partial charge in [-0.1, -0.05) is 35.9 Å². The number of thiazole rings is 1. The largest absolute Gasteiger partial charge is 0.497 e. The number of para-hydroxylation sites is 1. The van der Waals surface area contributed by atoms with Gasteiger partial charge >= 0.3 is 0 Å². The second-order valence-electron chi connectivity index (χ2n) is 9.92. The highest BCUT2D eigenvalue weighted by Gasteiger charge is 2.27. The van der Waals surface area contributed by atoms with Gasteiger partial charge in [0.05, 0.1) is 29.1 Å². The first-order valence-electron chi connectivity index (χ1n) is 13.5. The average Bonchev–Trinajstić information content (AvgIpc) is 3.59. The molecule has 0 unspecified atom stereocenters. The number of methoxy groups -OCH3 is 1. The van der Waals surface area contributed by atoms with Crippen LogP contribution in [-0.2, 0) is 24.4 Å². The van der Waals surface area contributed by atoms with Crippen LogP contribution in [0.25, 0.3) is 11.4 Å². The van der Waals surface area contributed by atoms with Crippen molar-refractivity contribution < 1.29 is 19.1 Å². The summed E-state index contributed by atoms with van der Waals surface area (Å²) in [4.78, 5) is 33.9. The number of rotatable bonds is 9. The highest BCUT2D eigenvalue weighted by Crippen LogP contribution is 2.30. The zero-order valence-corrected chi connectivity index (χ0v) is 25.0. The van der Waals surface area contributed by atoms with E-state index in [0.29, 0.717) is 55.7 Å². The summed E-state index contributed by atoms with van der Waals surface area (Å²) in [5, 5.41) is 3.37. The van der Waals surface area contributed by atoms with Crippen LogP contribution in [0.3, 0.4) is 0 Å². The minimum atomic E-state index is -0.0207. The third kappa shape index (κ3) is 6.57. The molecule has 0 N–H and O–H groups in total. The van der Waals surface area contributed by atoms with E-state index in [9.17, 15) is 9.59 Å². The van der Waals surface area contributed by atoms with Gasteiger partial charge in [0, 0.05) is 50.7 Å². The van der Waals surface area contributed by atoms with Gasteiger partial charge in [-0.2, -0.15) is 0 Å². The maximum atomic E-state index is 13.7. The second kappa shape index (κ2) is 12.8. The zero-order valence-electron chi connectivity index (χ0n) is 23.4. The van der Waals surface area contributed by atoms with Crippen molar-refractivity contribution in [1.29, 1.82) is 0 Å². The van der Waals surface area contributed by atoms with E-state index in [0.717, 1.165) is 34.3 Å². The SMILES string of the molecule is COc1ccc(CCn2c(-c3csc(COc4ccccc4Cl)n3)cc(C(=O)N3CCN(C(C)=O)CC3)c2C)cc1. The third-order valence-electron chi connectivity index (χ3n) is 7.39. The number of piperazine rings is 1. The number of aromatic nitrogens is 2. The number of carbonyl (C=O) groups excluding carboxylic acids is 2. The van der Waals surface area contributed by atoms with Gasteiger partial charge in [-0.05, 0) is 49.2 Å². The lowest BCUT2D eigenvalue weighted by atomic mass is 10.1. The van der Waals surface area contributed by atoms with Crippen molar-refractivity contribution in [2.75, 3.05) is 33.3 Å². The molecule has 1 fully saturated rings. The maximum absolute atomic E-state index is 13.7. The molecular weight excluding hydrogens is 560 g/mol. The first kappa shape index (κ1) is 28.7. The summed E-state index contributed by atoms with van der Waals surface area (Å²) in [7, 11) is 1.66. The molecule has 214 valence electrons. The summed E-state index contributed by atoms with van der Waals surface area (Å²) in [5.74, 6) is 1.45. The molecule has 1 aliphatic rings. The van der Waals surface area contributed by atoms with Gasteiger partial charge in [0.1, 0.15) is 23.1 Å². The normalized spacial score (nSPS) is 13.4. The van der Waals surface area contributed by atoms with Gasteiger partial charge in [-0.25, -0.2) is 4.98 Å². The molecule has 5 rings (SSSR count). The van der Waals surface area contributed by atoms with Gasteiger partial charge < -0.3 is 23.8 Å². The Hall–Kier alpha value is -3.82. The van der Waals surface area contributed by atoms with Crippen molar-refractivity contribution in [3.05, 3.63) is 86.8 Å². The van der Waals surface area contributed by atoms with Crippen molar-refractivity contribution in [3.8, 4) is 22.9 Å². The summed E-state index contributed by atoms with van der Waals surface area (Å²) in [6, 6.07) is 17.4. The van der Waals surface area contributed by atoms with Gasteiger partial charge in [0.2, 0.25) is 5.91 Å². The van der Waals surface area contributed by atoms with Crippen molar-refractivity contribution in [2.24, 2.45) is 0 Å². The molecule has 0 aliphatic carbocycles. The maximum Gasteiger partial charge on any atom is 0.255 e. The molecule has 4 aromatic rings. The Morgan fingerprint density at radius 2 is 1.73 bits per heavy atom. The van der Waals surface area contributed by atoms with Crippen LogP contribution in [0.2, 0.25) is 5.02 Å². The molecule has 0 atom stereocenters. The van der Waals surface area contributed by atoms with E-state index >= 15 is 0 Å². The predicted molar refractivity (Wildman–Crippen MR) is 161 cm³/mol. The Balaban J connectivity index is 1.39. The van der Waals surface area contributed by atoms with E-state index in [2.05, 4.69) is 16.7 Å². The molecule has 1 saturated heterocycles. The molecule has 41 heavy (non-hydrogen) atoms. The molecular formula is C31H33ClN4O4S. The van der Waals surface area contributed by atoms with E-state index in [1.165, 1.54) is 16.9 Å². The monoisotopic (exact) mass is 592 g/mol. The molecule has 0 bridgehead atoms. The lowest BCUT2D eigenvalue weighted by Crippen LogP contribution is -2.50.